The van der Waals surface area contributed by atoms with Crippen molar-refractivity contribution >= 4 is 21.6 Å². The Hall–Kier alpha value is -0.650. The second-order valence-corrected chi connectivity index (χ2v) is 6.13. The first-order valence-electron chi connectivity index (χ1n) is 5.51. The molecule has 1 aromatic heterocycles. The summed E-state index contributed by atoms with van der Waals surface area (Å²) in [5.41, 5.74) is 0. The summed E-state index contributed by atoms with van der Waals surface area (Å²) in [6.07, 6.45) is 2.36. The highest BCUT2D eigenvalue weighted by molar-refractivity contribution is 7.89. The molecule has 0 radical (unpaired) electrons. The van der Waals surface area contributed by atoms with Crippen LogP contribution in [0, 0.1) is 5.92 Å². The number of aromatic nitrogens is 1. The predicted octanol–water partition coefficient (Wildman–Crippen LogP) is 2.45. The molecule has 96 valence electrons. The third kappa shape index (κ3) is 3.66. The molecule has 17 heavy (non-hydrogen) atoms. The molecule has 4 nitrogen and oxygen atoms in total. The first kappa shape index (κ1) is 14.4. The van der Waals surface area contributed by atoms with E-state index in [1.807, 2.05) is 20.8 Å². The van der Waals surface area contributed by atoms with Crippen LogP contribution in [0.1, 0.15) is 27.2 Å². The van der Waals surface area contributed by atoms with E-state index < -0.39 is 10.0 Å². The number of nitrogens with zero attached hydrogens (tertiary/aromatic N) is 1. The maximum absolute atomic E-state index is 12.0. The van der Waals surface area contributed by atoms with Crippen molar-refractivity contribution in [1.82, 2.24) is 9.71 Å². The lowest BCUT2D eigenvalue weighted by atomic mass is 10.0. The van der Waals surface area contributed by atoms with Crippen LogP contribution in [-0.2, 0) is 10.0 Å². The molecule has 6 heteroatoms. The van der Waals surface area contributed by atoms with Crippen molar-refractivity contribution < 1.29 is 8.42 Å². The van der Waals surface area contributed by atoms with E-state index in [0.29, 0.717) is 0 Å². The molecule has 1 heterocycles. The molecule has 0 aliphatic heterocycles. The van der Waals surface area contributed by atoms with Crippen LogP contribution in [0.3, 0.4) is 0 Å². The van der Waals surface area contributed by atoms with E-state index in [0.717, 1.165) is 6.42 Å². The number of rotatable bonds is 5. The van der Waals surface area contributed by atoms with Gasteiger partial charge in [-0.05, 0) is 25.0 Å². The maximum atomic E-state index is 12.0. The van der Waals surface area contributed by atoms with Crippen molar-refractivity contribution in [1.29, 1.82) is 0 Å². The van der Waals surface area contributed by atoms with Gasteiger partial charge >= 0.3 is 0 Å². The highest BCUT2D eigenvalue weighted by Gasteiger charge is 2.22. The van der Waals surface area contributed by atoms with E-state index in [9.17, 15) is 8.42 Å². The lowest BCUT2D eigenvalue weighted by molar-refractivity contribution is 0.434. The summed E-state index contributed by atoms with van der Waals surface area (Å²) in [7, 11) is -3.59. The van der Waals surface area contributed by atoms with E-state index in [-0.39, 0.29) is 22.0 Å². The zero-order valence-electron chi connectivity index (χ0n) is 10.1. The van der Waals surface area contributed by atoms with E-state index in [4.69, 9.17) is 11.6 Å². The third-order valence-corrected chi connectivity index (χ3v) is 4.86. The fraction of sp³-hybridized carbons (Fsp3) is 0.545. The van der Waals surface area contributed by atoms with Gasteiger partial charge in [0.1, 0.15) is 10.0 Å². The minimum Gasteiger partial charge on any atom is -0.243 e. The van der Waals surface area contributed by atoms with Crippen molar-refractivity contribution in [2.24, 2.45) is 5.92 Å². The third-order valence-electron chi connectivity index (χ3n) is 2.85. The second kappa shape index (κ2) is 5.80. The Morgan fingerprint density at radius 2 is 2.12 bits per heavy atom. The molecule has 0 bridgehead atoms. The van der Waals surface area contributed by atoms with Crippen LogP contribution in [0.4, 0.5) is 0 Å². The van der Waals surface area contributed by atoms with Gasteiger partial charge in [0.2, 0.25) is 10.0 Å². The molecule has 0 aliphatic carbocycles. The number of hydrogen-bond donors (Lipinski definition) is 1. The van der Waals surface area contributed by atoms with Crippen molar-refractivity contribution in [3.8, 4) is 0 Å². The Balaban J connectivity index is 2.94. The standard InChI is InChI=1S/C11H17ClN2O2S/c1-4-8(2)9(3)14-17(15,16)10-6-5-7-13-11(10)12/h5-9,14H,4H2,1-3H3. The molecule has 0 aromatic carbocycles. The van der Waals surface area contributed by atoms with Crippen molar-refractivity contribution in [2.75, 3.05) is 0 Å². The SMILES string of the molecule is CCC(C)C(C)NS(=O)(=O)c1cccnc1Cl. The van der Waals surface area contributed by atoms with Gasteiger partial charge in [0, 0.05) is 12.2 Å². The summed E-state index contributed by atoms with van der Waals surface area (Å²) in [6.45, 7) is 5.86. The summed E-state index contributed by atoms with van der Waals surface area (Å²) in [4.78, 5) is 3.79. The van der Waals surface area contributed by atoms with Gasteiger partial charge in [-0.3, -0.25) is 0 Å². The summed E-state index contributed by atoms with van der Waals surface area (Å²) in [6, 6.07) is 2.86. The predicted molar refractivity (Wildman–Crippen MR) is 68.5 cm³/mol. The van der Waals surface area contributed by atoms with Crippen LogP contribution in [-0.4, -0.2) is 19.4 Å². The topological polar surface area (TPSA) is 59.1 Å². The van der Waals surface area contributed by atoms with Gasteiger partial charge in [0.25, 0.3) is 0 Å². The Kier molecular flexibility index (Phi) is 4.91. The van der Waals surface area contributed by atoms with E-state index >= 15 is 0 Å². The van der Waals surface area contributed by atoms with Crippen LogP contribution in [0.25, 0.3) is 0 Å². The minimum absolute atomic E-state index is 0.00338. The van der Waals surface area contributed by atoms with E-state index in [1.165, 1.54) is 12.3 Å². The molecule has 0 saturated heterocycles. The molecule has 1 rings (SSSR count). The first-order valence-corrected chi connectivity index (χ1v) is 7.37. The van der Waals surface area contributed by atoms with Gasteiger partial charge in [-0.2, -0.15) is 0 Å². The monoisotopic (exact) mass is 276 g/mol. The Morgan fingerprint density at radius 1 is 1.47 bits per heavy atom. The van der Waals surface area contributed by atoms with Gasteiger partial charge in [-0.15, -0.1) is 0 Å². The fourth-order valence-corrected chi connectivity index (χ4v) is 3.15. The zero-order valence-corrected chi connectivity index (χ0v) is 11.7. The van der Waals surface area contributed by atoms with Crippen LogP contribution in [0.15, 0.2) is 23.2 Å². The first-order chi connectivity index (χ1) is 7.88. The van der Waals surface area contributed by atoms with Gasteiger partial charge in [-0.25, -0.2) is 18.1 Å². The molecule has 0 aliphatic rings. The van der Waals surface area contributed by atoms with Gasteiger partial charge in [0.05, 0.1) is 0 Å². The molecule has 0 spiro atoms. The summed E-state index contributed by atoms with van der Waals surface area (Å²) >= 11 is 5.78. The summed E-state index contributed by atoms with van der Waals surface area (Å²) < 4.78 is 26.7. The lowest BCUT2D eigenvalue weighted by Crippen LogP contribution is -2.37. The smallest absolute Gasteiger partial charge is 0.243 e. The maximum Gasteiger partial charge on any atom is 0.243 e. The number of nitrogens with one attached hydrogen (secondary N) is 1. The average Bonchev–Trinajstić information content (AvgIpc) is 2.27. The quantitative estimate of drug-likeness (QED) is 0.841. The molecular weight excluding hydrogens is 260 g/mol. The molecule has 0 amide bonds. The number of hydrogen-bond acceptors (Lipinski definition) is 3. The molecule has 0 saturated carbocycles. The van der Waals surface area contributed by atoms with Crippen LogP contribution in [0.5, 0.6) is 0 Å². The molecular formula is C11H17ClN2O2S. The van der Waals surface area contributed by atoms with Crippen molar-refractivity contribution in [3.63, 3.8) is 0 Å². The zero-order chi connectivity index (χ0) is 13.1. The fourth-order valence-electron chi connectivity index (χ4n) is 1.35. The van der Waals surface area contributed by atoms with E-state index in [2.05, 4.69) is 9.71 Å². The van der Waals surface area contributed by atoms with Gasteiger partial charge in [-0.1, -0.05) is 31.9 Å². The lowest BCUT2D eigenvalue weighted by Gasteiger charge is -2.19. The average molecular weight is 277 g/mol. The van der Waals surface area contributed by atoms with Crippen LogP contribution < -0.4 is 4.72 Å². The summed E-state index contributed by atoms with van der Waals surface area (Å²) in [5.74, 6) is 0.264. The largest absolute Gasteiger partial charge is 0.243 e. The van der Waals surface area contributed by atoms with Crippen molar-refractivity contribution in [2.45, 2.75) is 38.1 Å². The number of sulfonamides is 1. The van der Waals surface area contributed by atoms with Gasteiger partial charge in [0.15, 0.2) is 0 Å². The minimum atomic E-state index is -3.59. The van der Waals surface area contributed by atoms with E-state index in [1.54, 1.807) is 6.07 Å². The van der Waals surface area contributed by atoms with Gasteiger partial charge < -0.3 is 0 Å². The molecule has 2 unspecified atom stereocenters. The highest BCUT2D eigenvalue weighted by Crippen LogP contribution is 2.19. The van der Waals surface area contributed by atoms with Crippen molar-refractivity contribution in [3.05, 3.63) is 23.5 Å². The molecule has 0 fully saturated rings. The summed E-state index contributed by atoms with van der Waals surface area (Å²) in [5, 5.41) is -0.00338. The Morgan fingerprint density at radius 3 is 2.65 bits per heavy atom. The van der Waals surface area contributed by atoms with Crippen LogP contribution in [0.2, 0.25) is 5.15 Å². The Bertz CT molecular complexity index is 476. The van der Waals surface area contributed by atoms with Crippen LogP contribution >= 0.6 is 11.6 Å². The number of halogens is 1. The normalized spacial score (nSPS) is 15.5. The molecule has 1 N–H and O–H groups in total. The number of pyridine rings is 1. The molecule has 1 aromatic rings. The Labute approximate surface area is 107 Å². The molecule has 2 atom stereocenters. The highest BCUT2D eigenvalue weighted by atomic mass is 35.5. The second-order valence-electron chi connectivity index (χ2n) is 4.09.